The van der Waals surface area contributed by atoms with E-state index in [2.05, 4.69) is 10.1 Å². The van der Waals surface area contributed by atoms with Gasteiger partial charge in [-0.25, -0.2) is 18.1 Å². The summed E-state index contributed by atoms with van der Waals surface area (Å²) in [6.07, 6.45) is 3.15. The maximum Gasteiger partial charge on any atom is 0.240 e. The molecule has 20 heavy (non-hydrogen) atoms. The highest BCUT2D eigenvalue weighted by molar-refractivity contribution is 7.90. The van der Waals surface area contributed by atoms with Gasteiger partial charge in [-0.2, -0.15) is 5.10 Å². The van der Waals surface area contributed by atoms with Crippen LogP contribution < -0.4 is 4.74 Å². The molecule has 0 aromatic carbocycles. The highest BCUT2D eigenvalue weighted by atomic mass is 32.2. The van der Waals surface area contributed by atoms with Gasteiger partial charge in [-0.3, -0.25) is 0 Å². The van der Waals surface area contributed by atoms with Gasteiger partial charge in [0.15, 0.2) is 5.88 Å². The van der Waals surface area contributed by atoms with Gasteiger partial charge in [-0.1, -0.05) is 20.8 Å². The lowest BCUT2D eigenvalue weighted by molar-refractivity contribution is 0.408. The Labute approximate surface area is 117 Å². The lowest BCUT2D eigenvalue weighted by Crippen LogP contribution is -2.14. The predicted molar refractivity (Wildman–Crippen MR) is 72.4 cm³/mol. The molecule has 0 bridgehead atoms. The lowest BCUT2D eigenvalue weighted by Gasteiger charge is -2.19. The van der Waals surface area contributed by atoms with Crippen LogP contribution in [0.2, 0.25) is 0 Å². The molecule has 1 aliphatic rings. The summed E-state index contributed by atoms with van der Waals surface area (Å²) >= 11 is 0. The second-order valence-corrected chi connectivity index (χ2v) is 7.72. The molecule has 2 aromatic rings. The van der Waals surface area contributed by atoms with Crippen molar-refractivity contribution in [3.63, 3.8) is 0 Å². The minimum atomic E-state index is -3.53. The summed E-state index contributed by atoms with van der Waals surface area (Å²) in [4.78, 5) is 4.30. The van der Waals surface area contributed by atoms with Crippen molar-refractivity contribution < 1.29 is 13.2 Å². The zero-order valence-corrected chi connectivity index (χ0v) is 12.3. The number of sulfone groups is 1. The number of aromatic nitrogens is 3. The number of nitrogens with zero attached hydrogens (tertiary/aromatic N) is 3. The first-order valence-electron chi connectivity index (χ1n) is 6.20. The number of hydrogen-bond acceptors (Lipinski definition) is 5. The van der Waals surface area contributed by atoms with Crippen LogP contribution in [-0.4, -0.2) is 23.2 Å². The van der Waals surface area contributed by atoms with Crippen molar-refractivity contribution in [3.05, 3.63) is 30.1 Å². The summed E-state index contributed by atoms with van der Waals surface area (Å²) in [5.74, 6) is 0.248. The van der Waals surface area contributed by atoms with E-state index in [1.54, 1.807) is 18.3 Å². The zero-order valence-electron chi connectivity index (χ0n) is 11.5. The Bertz CT molecular complexity index is 772. The van der Waals surface area contributed by atoms with Gasteiger partial charge in [-0.05, 0) is 17.0 Å². The van der Waals surface area contributed by atoms with Crippen LogP contribution in [0.15, 0.2) is 29.4 Å². The molecule has 0 saturated heterocycles. The molecule has 1 aliphatic heterocycles. The monoisotopic (exact) mass is 293 g/mol. The molecule has 7 heteroatoms. The van der Waals surface area contributed by atoms with Gasteiger partial charge in [0.05, 0.1) is 6.20 Å². The predicted octanol–water partition coefficient (Wildman–Crippen LogP) is 2.11. The SMILES string of the molecule is CC(C)(C)c1cnc2c(c1)S(=O)(=O)Cn1nccc1O2. The fourth-order valence-electron chi connectivity index (χ4n) is 1.98. The molecule has 0 amide bonds. The van der Waals surface area contributed by atoms with Crippen LogP contribution in [0, 0.1) is 0 Å². The second kappa shape index (κ2) is 4.05. The summed E-state index contributed by atoms with van der Waals surface area (Å²) in [5.41, 5.74) is 0.667. The van der Waals surface area contributed by atoms with Crippen LogP contribution in [0.25, 0.3) is 0 Å². The molecule has 2 aromatic heterocycles. The quantitative estimate of drug-likeness (QED) is 0.743. The van der Waals surface area contributed by atoms with E-state index in [1.165, 1.54) is 10.9 Å². The van der Waals surface area contributed by atoms with Crippen molar-refractivity contribution in [2.45, 2.75) is 37.0 Å². The van der Waals surface area contributed by atoms with E-state index in [9.17, 15) is 8.42 Å². The Balaban J connectivity index is 2.21. The molecule has 0 N–H and O–H groups in total. The van der Waals surface area contributed by atoms with E-state index >= 15 is 0 Å². The molecule has 106 valence electrons. The fraction of sp³-hybridized carbons (Fsp3) is 0.385. The molecule has 0 atom stereocenters. The molecule has 0 radical (unpaired) electrons. The Hall–Kier alpha value is -1.89. The molecule has 6 nitrogen and oxygen atoms in total. The van der Waals surface area contributed by atoms with Gasteiger partial charge >= 0.3 is 0 Å². The van der Waals surface area contributed by atoms with E-state index in [-0.39, 0.29) is 22.1 Å². The first-order valence-corrected chi connectivity index (χ1v) is 7.85. The van der Waals surface area contributed by atoms with E-state index in [0.29, 0.717) is 5.88 Å². The maximum absolute atomic E-state index is 12.5. The smallest absolute Gasteiger partial charge is 0.240 e. The first kappa shape index (κ1) is 13.1. The van der Waals surface area contributed by atoms with Gasteiger partial charge in [0.25, 0.3) is 0 Å². The van der Waals surface area contributed by atoms with Crippen molar-refractivity contribution in [1.29, 1.82) is 0 Å². The Kier molecular flexibility index (Phi) is 2.66. The number of fused-ring (bicyclic) bond motifs is 2. The average molecular weight is 293 g/mol. The highest BCUT2D eigenvalue weighted by Crippen LogP contribution is 2.35. The number of ether oxygens (including phenoxy) is 1. The van der Waals surface area contributed by atoms with Crippen molar-refractivity contribution in [2.75, 3.05) is 0 Å². The van der Waals surface area contributed by atoms with Gasteiger partial charge in [-0.15, -0.1) is 0 Å². The Morgan fingerprint density at radius 1 is 1.35 bits per heavy atom. The molecular formula is C13H15N3O3S. The topological polar surface area (TPSA) is 74.1 Å². The molecule has 0 spiro atoms. The van der Waals surface area contributed by atoms with Crippen LogP contribution in [0.1, 0.15) is 26.3 Å². The van der Waals surface area contributed by atoms with Gasteiger partial charge in [0.1, 0.15) is 4.90 Å². The summed E-state index contributed by atoms with van der Waals surface area (Å²) in [7, 11) is -3.53. The summed E-state index contributed by atoms with van der Waals surface area (Å²) < 4.78 is 31.8. The first-order chi connectivity index (χ1) is 9.27. The number of rotatable bonds is 0. The van der Waals surface area contributed by atoms with Crippen molar-refractivity contribution in [3.8, 4) is 11.8 Å². The van der Waals surface area contributed by atoms with Crippen LogP contribution in [0.4, 0.5) is 0 Å². The summed E-state index contributed by atoms with van der Waals surface area (Å²) in [5, 5.41) is 3.95. The average Bonchev–Trinajstić information content (AvgIpc) is 2.70. The largest absolute Gasteiger partial charge is 0.420 e. The highest BCUT2D eigenvalue weighted by Gasteiger charge is 2.30. The van der Waals surface area contributed by atoms with E-state index in [1.807, 2.05) is 20.8 Å². The van der Waals surface area contributed by atoms with Crippen LogP contribution in [0.5, 0.6) is 11.8 Å². The van der Waals surface area contributed by atoms with Gasteiger partial charge < -0.3 is 4.74 Å². The number of pyridine rings is 1. The van der Waals surface area contributed by atoms with Gasteiger partial charge in [0.2, 0.25) is 21.6 Å². The Morgan fingerprint density at radius 2 is 2.10 bits per heavy atom. The van der Waals surface area contributed by atoms with Gasteiger partial charge in [0, 0.05) is 12.3 Å². The molecule has 0 fully saturated rings. The van der Waals surface area contributed by atoms with Crippen molar-refractivity contribution in [2.24, 2.45) is 0 Å². The second-order valence-electron chi connectivity index (χ2n) is 5.79. The fourth-order valence-corrected chi connectivity index (χ4v) is 3.30. The molecule has 3 heterocycles. The summed E-state index contributed by atoms with van der Waals surface area (Å²) in [6.45, 7) is 6.02. The molecule has 3 rings (SSSR count). The van der Waals surface area contributed by atoms with E-state index < -0.39 is 9.84 Å². The third-order valence-corrected chi connectivity index (χ3v) is 4.74. The van der Waals surface area contributed by atoms with E-state index in [0.717, 1.165) is 5.56 Å². The van der Waals surface area contributed by atoms with Crippen LogP contribution in [0.3, 0.4) is 0 Å². The molecule has 0 aliphatic carbocycles. The summed E-state index contributed by atoms with van der Waals surface area (Å²) in [6, 6.07) is 3.26. The van der Waals surface area contributed by atoms with Crippen molar-refractivity contribution >= 4 is 9.84 Å². The van der Waals surface area contributed by atoms with Crippen LogP contribution in [-0.2, 0) is 21.1 Å². The minimum Gasteiger partial charge on any atom is -0.420 e. The zero-order chi connectivity index (χ0) is 14.5. The molecular weight excluding hydrogens is 278 g/mol. The van der Waals surface area contributed by atoms with Crippen molar-refractivity contribution in [1.82, 2.24) is 14.8 Å². The lowest BCUT2D eigenvalue weighted by atomic mass is 9.88. The third-order valence-electron chi connectivity index (χ3n) is 3.19. The molecule has 0 saturated carbocycles. The third kappa shape index (κ3) is 2.07. The molecule has 0 unspecified atom stereocenters. The minimum absolute atomic E-state index is 0.109. The number of hydrogen-bond donors (Lipinski definition) is 0. The van der Waals surface area contributed by atoms with Crippen LogP contribution >= 0.6 is 0 Å². The standard InChI is InChI=1S/C13H15N3O3S/c1-13(2,3)9-6-10-12(14-7-9)19-11-4-5-15-16(11)8-20(10,17)18/h4-7H,8H2,1-3H3. The normalized spacial score (nSPS) is 16.8. The Morgan fingerprint density at radius 3 is 2.80 bits per heavy atom. The van der Waals surface area contributed by atoms with E-state index in [4.69, 9.17) is 4.74 Å². The maximum atomic E-state index is 12.5.